The van der Waals surface area contributed by atoms with Gasteiger partial charge >= 0.3 is 5.97 Å². The first-order valence-electron chi connectivity index (χ1n) is 13.2. The summed E-state index contributed by atoms with van der Waals surface area (Å²) in [6.45, 7) is 7.70. The van der Waals surface area contributed by atoms with Gasteiger partial charge in [0.15, 0.2) is 0 Å². The van der Waals surface area contributed by atoms with Gasteiger partial charge in [-0.15, -0.1) is 11.8 Å². The fourth-order valence-corrected chi connectivity index (χ4v) is 8.62. The van der Waals surface area contributed by atoms with Crippen molar-refractivity contribution in [1.29, 1.82) is 0 Å². The fraction of sp³-hybridized carbons (Fsp3) is 0.741. The van der Waals surface area contributed by atoms with Crippen LogP contribution in [-0.2, 0) is 19.1 Å². The topological polar surface area (TPSA) is 87.2 Å². The van der Waals surface area contributed by atoms with Crippen LogP contribution < -0.4 is 0 Å². The molecule has 4 aliphatic rings. The van der Waals surface area contributed by atoms with Crippen LogP contribution in [-0.4, -0.2) is 80.6 Å². The Balaban J connectivity index is 1.74. The zero-order valence-electron chi connectivity index (χ0n) is 21.3. The van der Waals surface area contributed by atoms with Crippen molar-refractivity contribution in [3.63, 3.8) is 0 Å². The first-order chi connectivity index (χ1) is 16.8. The van der Waals surface area contributed by atoms with Crippen molar-refractivity contribution in [3.05, 3.63) is 24.3 Å². The average Bonchev–Trinajstić information content (AvgIpc) is 3.12. The number of hydrogen-bond acceptors (Lipinski definition) is 6. The summed E-state index contributed by atoms with van der Waals surface area (Å²) < 4.78 is 4.18. The molecule has 1 spiro atoms. The Morgan fingerprint density at radius 3 is 2.63 bits per heavy atom. The second-order valence-corrected chi connectivity index (χ2v) is 12.3. The predicted molar refractivity (Wildman–Crippen MR) is 137 cm³/mol. The molecule has 0 aromatic carbocycles. The molecule has 0 aliphatic carbocycles. The van der Waals surface area contributed by atoms with E-state index in [-0.39, 0.29) is 30.4 Å². The molecule has 1 N–H and O–H groups in total. The van der Waals surface area contributed by atoms with Crippen LogP contribution in [0.2, 0.25) is 0 Å². The molecule has 0 aromatic heterocycles. The predicted octanol–water partition coefficient (Wildman–Crippen LogP) is 3.32. The summed E-state index contributed by atoms with van der Waals surface area (Å²) in [5, 5.41) is 9.10. The lowest BCUT2D eigenvalue weighted by Crippen LogP contribution is -2.55. The maximum absolute atomic E-state index is 14.2. The third kappa shape index (κ3) is 4.57. The molecule has 2 saturated heterocycles. The van der Waals surface area contributed by atoms with Crippen molar-refractivity contribution in [2.24, 2.45) is 11.8 Å². The number of aliphatic hydroxyl groups is 1. The molecule has 7 nitrogen and oxygen atoms in total. The van der Waals surface area contributed by atoms with E-state index in [0.29, 0.717) is 26.1 Å². The Morgan fingerprint density at radius 2 is 1.89 bits per heavy atom. The van der Waals surface area contributed by atoms with E-state index in [1.165, 1.54) is 0 Å². The number of ether oxygens (including phenoxy) is 1. The Kier molecular flexibility index (Phi) is 8.01. The van der Waals surface area contributed by atoms with Gasteiger partial charge < -0.3 is 19.6 Å². The van der Waals surface area contributed by atoms with Crippen LogP contribution in [0.3, 0.4) is 0 Å². The summed E-state index contributed by atoms with van der Waals surface area (Å²) >= 11 is 1.61. The number of carbonyl (C=O) groups excluding carboxylic acids is 3. The maximum atomic E-state index is 14.2. The third-order valence-electron chi connectivity index (χ3n) is 8.10. The highest BCUT2D eigenvalue weighted by atomic mass is 32.2. The van der Waals surface area contributed by atoms with Gasteiger partial charge in [-0.1, -0.05) is 50.5 Å². The average molecular weight is 505 g/mol. The number of unbranched alkanes of at least 4 members (excludes halogenated alkanes) is 3. The molecule has 4 rings (SSSR count). The minimum absolute atomic E-state index is 0.00937. The summed E-state index contributed by atoms with van der Waals surface area (Å²) in [5.41, 5.74) is 0. The second-order valence-electron chi connectivity index (χ2n) is 10.6. The highest BCUT2D eigenvalue weighted by Crippen LogP contribution is 2.65. The number of rotatable bonds is 9. The largest absolute Gasteiger partial charge is 0.465 e. The van der Waals surface area contributed by atoms with Crippen LogP contribution >= 0.6 is 11.8 Å². The van der Waals surface area contributed by atoms with Gasteiger partial charge in [-0.2, -0.15) is 0 Å². The monoisotopic (exact) mass is 504 g/mol. The zero-order chi connectivity index (χ0) is 25.2. The minimum atomic E-state index is -0.799. The van der Waals surface area contributed by atoms with E-state index >= 15 is 0 Å². The van der Waals surface area contributed by atoms with Crippen molar-refractivity contribution in [2.45, 2.75) is 87.3 Å². The summed E-state index contributed by atoms with van der Waals surface area (Å²) in [6.07, 6.45) is 14.0. The van der Waals surface area contributed by atoms with E-state index in [1.807, 2.05) is 24.0 Å². The summed E-state index contributed by atoms with van der Waals surface area (Å²) in [4.78, 5) is 45.3. The van der Waals surface area contributed by atoms with Crippen molar-refractivity contribution < 1.29 is 24.2 Å². The maximum Gasteiger partial charge on any atom is 0.311 e. The Morgan fingerprint density at radius 1 is 1.11 bits per heavy atom. The SMILES string of the molecule is CCCC(C)N1CC=C[C@]23S[C@@]4(C)C=CCCOC(=O)[C@H]4[C@H]2C(=O)N(CCCCCCO)C3C1=O. The Bertz CT molecular complexity index is 891. The van der Waals surface area contributed by atoms with Gasteiger partial charge in [0.05, 0.1) is 23.2 Å². The lowest BCUT2D eigenvalue weighted by atomic mass is 9.74. The van der Waals surface area contributed by atoms with Crippen LogP contribution in [0.15, 0.2) is 24.3 Å². The van der Waals surface area contributed by atoms with E-state index in [9.17, 15) is 14.4 Å². The van der Waals surface area contributed by atoms with Gasteiger partial charge in [-0.05, 0) is 39.5 Å². The zero-order valence-corrected chi connectivity index (χ0v) is 22.1. The van der Waals surface area contributed by atoms with E-state index in [0.717, 1.165) is 38.5 Å². The fourth-order valence-electron chi connectivity index (χ4n) is 6.46. The third-order valence-corrected chi connectivity index (χ3v) is 9.89. The minimum Gasteiger partial charge on any atom is -0.465 e. The summed E-state index contributed by atoms with van der Waals surface area (Å²) in [6, 6.07) is -0.555. The number of hydrogen-bond donors (Lipinski definition) is 1. The first-order valence-corrected chi connectivity index (χ1v) is 14.1. The molecule has 2 amide bonds. The molecule has 0 aromatic rings. The molecule has 4 aliphatic heterocycles. The molecule has 0 bridgehead atoms. The number of fused-ring (bicyclic) bond motifs is 2. The van der Waals surface area contributed by atoms with Gasteiger partial charge in [0.2, 0.25) is 11.8 Å². The molecule has 194 valence electrons. The van der Waals surface area contributed by atoms with Crippen LogP contribution in [0.4, 0.5) is 0 Å². The number of cyclic esters (lactones) is 1. The highest BCUT2D eigenvalue weighted by molar-refractivity contribution is 8.02. The number of esters is 1. The molecular formula is C27H40N2O5S. The van der Waals surface area contributed by atoms with Crippen molar-refractivity contribution in [2.75, 3.05) is 26.3 Å². The second kappa shape index (κ2) is 10.7. The van der Waals surface area contributed by atoms with Gasteiger partial charge in [-0.3, -0.25) is 14.4 Å². The molecule has 0 radical (unpaired) electrons. The van der Waals surface area contributed by atoms with Gasteiger partial charge in [-0.25, -0.2) is 0 Å². The number of carbonyl (C=O) groups is 3. The molecule has 8 heteroatoms. The number of likely N-dealkylation sites (tertiary alicyclic amines) is 1. The van der Waals surface area contributed by atoms with E-state index in [2.05, 4.69) is 26.0 Å². The van der Waals surface area contributed by atoms with Gasteiger partial charge in [0, 0.05) is 30.5 Å². The highest BCUT2D eigenvalue weighted by Gasteiger charge is 2.73. The molecule has 35 heavy (non-hydrogen) atoms. The molecule has 4 heterocycles. The molecular weight excluding hydrogens is 464 g/mol. The van der Waals surface area contributed by atoms with Crippen LogP contribution in [0.5, 0.6) is 0 Å². The van der Waals surface area contributed by atoms with Crippen LogP contribution in [0, 0.1) is 11.8 Å². The Labute approximate surface area is 213 Å². The van der Waals surface area contributed by atoms with E-state index < -0.39 is 27.4 Å². The molecule has 6 atom stereocenters. The van der Waals surface area contributed by atoms with Crippen molar-refractivity contribution in [3.8, 4) is 0 Å². The van der Waals surface area contributed by atoms with Crippen LogP contribution in [0.25, 0.3) is 0 Å². The van der Waals surface area contributed by atoms with E-state index in [1.54, 1.807) is 16.7 Å². The molecule has 0 saturated carbocycles. The standard InChI is InChI=1S/C27H40N2O5S/c1-4-12-19(2)28-16-11-14-27-20(21-25(33)34-18-10-7-13-26(21,3)35-27)23(31)29(22(27)24(28)32)15-8-5-6-9-17-30/h7,11,13-14,19-22,30H,4-6,8-10,12,15-18H2,1-3H3/t19?,20-,21+,22?,26-,27-/m0/s1. The van der Waals surface area contributed by atoms with Crippen LogP contribution in [0.1, 0.15) is 65.7 Å². The number of aliphatic hydroxyl groups excluding tert-OH is 1. The van der Waals surface area contributed by atoms with Gasteiger partial charge in [0.1, 0.15) is 6.04 Å². The first kappa shape index (κ1) is 26.3. The molecule has 2 fully saturated rings. The normalized spacial score (nSPS) is 35.2. The number of nitrogens with zero attached hydrogens (tertiary/aromatic N) is 2. The molecule has 2 unspecified atom stereocenters. The summed E-state index contributed by atoms with van der Waals surface area (Å²) in [7, 11) is 0. The Hall–Kier alpha value is -1.80. The number of amides is 2. The number of thioether (sulfide) groups is 1. The summed E-state index contributed by atoms with van der Waals surface area (Å²) in [5.74, 6) is -1.70. The van der Waals surface area contributed by atoms with Gasteiger partial charge in [0.25, 0.3) is 0 Å². The van der Waals surface area contributed by atoms with Crippen molar-refractivity contribution >= 4 is 29.5 Å². The smallest absolute Gasteiger partial charge is 0.311 e. The quantitative estimate of drug-likeness (QED) is 0.295. The lowest BCUT2D eigenvalue weighted by Gasteiger charge is -2.38. The van der Waals surface area contributed by atoms with E-state index in [4.69, 9.17) is 9.84 Å². The van der Waals surface area contributed by atoms with Crippen molar-refractivity contribution in [1.82, 2.24) is 9.80 Å². The lowest BCUT2D eigenvalue weighted by molar-refractivity contribution is -0.154.